The van der Waals surface area contributed by atoms with Gasteiger partial charge in [0.05, 0.1) is 16.6 Å². The van der Waals surface area contributed by atoms with Crippen molar-refractivity contribution in [3.05, 3.63) is 59.0 Å². The molecule has 3 atom stereocenters. The molecule has 2 aromatic carbocycles. The van der Waals surface area contributed by atoms with Gasteiger partial charge in [-0.15, -0.1) is 0 Å². The van der Waals surface area contributed by atoms with Gasteiger partial charge in [-0.2, -0.15) is 0 Å². The van der Waals surface area contributed by atoms with E-state index in [4.69, 9.17) is 21.1 Å². The number of hydrogen-bond acceptors (Lipinski definition) is 7. The van der Waals surface area contributed by atoms with E-state index in [9.17, 15) is 9.18 Å². The zero-order chi connectivity index (χ0) is 25.1. The molecule has 0 bridgehead atoms. The monoisotopic (exact) mass is 513 g/mol. The van der Waals surface area contributed by atoms with E-state index < -0.39 is 18.0 Å². The number of aromatic nitrogens is 2. The maximum atomic E-state index is 14.2. The minimum absolute atomic E-state index is 0.0386. The van der Waals surface area contributed by atoms with Gasteiger partial charge in [0.1, 0.15) is 11.6 Å². The minimum atomic E-state index is -0.634. The molecule has 10 heteroatoms. The SMILES string of the molecule is C[C@@H]1CC[C@H]([C@@H](NC(=O)Oc2ccc3cnc(NC4CCOCC4)nc3c2)c2ccc(Cl)c(F)c2)N1. The smallest absolute Gasteiger partial charge is 0.410 e. The molecule has 3 aromatic rings. The number of fused-ring (bicyclic) bond motifs is 1. The molecule has 36 heavy (non-hydrogen) atoms. The average molecular weight is 514 g/mol. The quantitative estimate of drug-likeness (QED) is 0.427. The van der Waals surface area contributed by atoms with Gasteiger partial charge in [0, 0.05) is 49.0 Å². The highest BCUT2D eigenvalue weighted by molar-refractivity contribution is 6.30. The van der Waals surface area contributed by atoms with Crippen molar-refractivity contribution >= 4 is 34.5 Å². The van der Waals surface area contributed by atoms with Crippen LogP contribution < -0.4 is 20.7 Å². The van der Waals surface area contributed by atoms with Gasteiger partial charge in [-0.3, -0.25) is 0 Å². The third-order valence-corrected chi connectivity index (χ3v) is 7.01. The Morgan fingerprint density at radius 2 is 2.03 bits per heavy atom. The molecule has 2 saturated heterocycles. The Hall–Kier alpha value is -3.01. The number of nitrogens with zero attached hydrogens (tertiary/aromatic N) is 2. The van der Waals surface area contributed by atoms with Crippen LogP contribution >= 0.6 is 11.6 Å². The van der Waals surface area contributed by atoms with Gasteiger partial charge in [0.15, 0.2) is 0 Å². The molecule has 0 spiro atoms. The Balaban J connectivity index is 1.30. The lowest BCUT2D eigenvalue weighted by Gasteiger charge is -2.26. The first-order valence-corrected chi connectivity index (χ1v) is 12.6. The van der Waals surface area contributed by atoms with Crippen molar-refractivity contribution in [2.45, 2.75) is 56.8 Å². The summed E-state index contributed by atoms with van der Waals surface area (Å²) in [5, 5.41) is 10.6. The molecular formula is C26H29ClFN5O3. The van der Waals surface area contributed by atoms with Crippen LogP contribution in [0.3, 0.4) is 0 Å². The van der Waals surface area contributed by atoms with E-state index in [0.29, 0.717) is 28.8 Å². The van der Waals surface area contributed by atoms with Crippen LogP contribution in [0.5, 0.6) is 5.75 Å². The molecule has 1 amide bonds. The summed E-state index contributed by atoms with van der Waals surface area (Å²) in [6.07, 6.45) is 4.71. The number of anilines is 1. The highest BCUT2D eigenvalue weighted by atomic mass is 35.5. The molecule has 2 aliphatic heterocycles. The van der Waals surface area contributed by atoms with E-state index in [1.54, 1.807) is 24.4 Å². The number of carbonyl (C=O) groups is 1. The van der Waals surface area contributed by atoms with E-state index in [0.717, 1.165) is 44.3 Å². The number of amides is 1. The van der Waals surface area contributed by atoms with Crippen LogP contribution in [0.15, 0.2) is 42.6 Å². The highest BCUT2D eigenvalue weighted by Gasteiger charge is 2.31. The second kappa shape index (κ2) is 10.9. The lowest BCUT2D eigenvalue weighted by atomic mass is 9.98. The molecule has 3 heterocycles. The second-order valence-electron chi connectivity index (χ2n) is 9.38. The molecule has 5 rings (SSSR count). The van der Waals surface area contributed by atoms with Crippen molar-refractivity contribution in [2.75, 3.05) is 18.5 Å². The lowest BCUT2D eigenvalue weighted by molar-refractivity contribution is 0.0903. The minimum Gasteiger partial charge on any atom is -0.410 e. The van der Waals surface area contributed by atoms with Crippen LogP contribution in [-0.2, 0) is 4.74 Å². The van der Waals surface area contributed by atoms with Gasteiger partial charge in [0.2, 0.25) is 5.95 Å². The van der Waals surface area contributed by atoms with Crippen molar-refractivity contribution in [1.82, 2.24) is 20.6 Å². The molecule has 3 N–H and O–H groups in total. The zero-order valence-corrected chi connectivity index (χ0v) is 20.7. The van der Waals surface area contributed by atoms with Crippen molar-refractivity contribution in [3.63, 3.8) is 0 Å². The molecule has 0 unspecified atom stereocenters. The maximum Gasteiger partial charge on any atom is 0.413 e. The van der Waals surface area contributed by atoms with Gasteiger partial charge in [-0.1, -0.05) is 17.7 Å². The highest BCUT2D eigenvalue weighted by Crippen LogP contribution is 2.28. The summed E-state index contributed by atoms with van der Waals surface area (Å²) in [7, 11) is 0. The molecule has 8 nitrogen and oxygen atoms in total. The fraction of sp³-hybridized carbons (Fsp3) is 0.423. The summed E-state index contributed by atoms with van der Waals surface area (Å²) in [5.74, 6) is 0.353. The van der Waals surface area contributed by atoms with E-state index >= 15 is 0 Å². The number of nitrogens with one attached hydrogen (secondary N) is 3. The van der Waals surface area contributed by atoms with Gasteiger partial charge >= 0.3 is 6.09 Å². The number of benzene rings is 2. The fourth-order valence-corrected chi connectivity index (χ4v) is 4.89. The summed E-state index contributed by atoms with van der Waals surface area (Å²) in [6.45, 7) is 3.52. The number of carbonyl (C=O) groups excluding carboxylic acids is 1. The predicted molar refractivity (Wildman–Crippen MR) is 136 cm³/mol. The molecular weight excluding hydrogens is 485 g/mol. The summed E-state index contributed by atoms with van der Waals surface area (Å²) >= 11 is 5.87. The van der Waals surface area contributed by atoms with E-state index in [1.807, 2.05) is 6.07 Å². The second-order valence-corrected chi connectivity index (χ2v) is 9.79. The van der Waals surface area contributed by atoms with Crippen molar-refractivity contribution in [2.24, 2.45) is 0 Å². The van der Waals surface area contributed by atoms with E-state index in [2.05, 4.69) is 32.8 Å². The first kappa shape index (κ1) is 24.7. The third-order valence-electron chi connectivity index (χ3n) is 6.71. The Morgan fingerprint density at radius 1 is 1.19 bits per heavy atom. The Bertz CT molecular complexity index is 1240. The maximum absolute atomic E-state index is 14.2. The average Bonchev–Trinajstić information content (AvgIpc) is 3.30. The van der Waals surface area contributed by atoms with Crippen LogP contribution in [0.2, 0.25) is 5.02 Å². The molecule has 1 aromatic heterocycles. The van der Waals surface area contributed by atoms with E-state index in [1.165, 1.54) is 12.1 Å². The number of halogens is 2. The van der Waals surface area contributed by atoms with Gasteiger partial charge < -0.3 is 25.4 Å². The largest absolute Gasteiger partial charge is 0.413 e. The normalized spacial score (nSPS) is 21.3. The van der Waals surface area contributed by atoms with Crippen molar-refractivity contribution in [3.8, 4) is 5.75 Å². The molecule has 0 aliphatic carbocycles. The van der Waals surface area contributed by atoms with Crippen LogP contribution in [-0.4, -0.2) is 47.4 Å². The summed E-state index contributed by atoms with van der Waals surface area (Å²) < 4.78 is 25.2. The number of ether oxygens (including phenoxy) is 2. The number of hydrogen-bond donors (Lipinski definition) is 3. The standard InChI is InChI=1S/C26H29ClFN5O3/c1-15-2-7-22(30-15)24(16-4-6-20(27)21(28)12-16)33-26(34)36-19-5-3-17-14-29-25(32-23(17)13-19)31-18-8-10-35-11-9-18/h3-6,12-15,18,22,24,30H,2,7-11H2,1H3,(H,33,34)(H,29,31,32)/t15-,22-,24+/m1/s1. The van der Waals surface area contributed by atoms with Crippen molar-refractivity contribution in [1.29, 1.82) is 0 Å². The molecule has 0 saturated carbocycles. The molecule has 190 valence electrons. The Labute approximate surface area is 213 Å². The van der Waals surface area contributed by atoms with E-state index in [-0.39, 0.29) is 17.1 Å². The van der Waals surface area contributed by atoms with Crippen LogP contribution in [0, 0.1) is 5.82 Å². The molecule has 2 fully saturated rings. The first-order chi connectivity index (χ1) is 17.4. The lowest BCUT2D eigenvalue weighted by Crippen LogP contribution is -2.43. The van der Waals surface area contributed by atoms with Gasteiger partial charge in [-0.25, -0.2) is 19.2 Å². The summed E-state index contributed by atoms with van der Waals surface area (Å²) in [6, 6.07) is 9.83. The van der Waals surface area contributed by atoms with Crippen LogP contribution in [0.4, 0.5) is 15.1 Å². The number of rotatable bonds is 6. The molecule has 0 radical (unpaired) electrons. The summed E-state index contributed by atoms with van der Waals surface area (Å²) in [5.41, 5.74) is 1.28. The summed E-state index contributed by atoms with van der Waals surface area (Å²) in [4.78, 5) is 21.9. The Kier molecular flexibility index (Phi) is 7.50. The fourth-order valence-electron chi connectivity index (χ4n) is 4.77. The van der Waals surface area contributed by atoms with Crippen molar-refractivity contribution < 1.29 is 18.7 Å². The topological polar surface area (TPSA) is 97.4 Å². The third kappa shape index (κ3) is 5.86. The zero-order valence-electron chi connectivity index (χ0n) is 20.0. The molecule has 2 aliphatic rings. The predicted octanol–water partition coefficient (Wildman–Crippen LogP) is 4.98. The first-order valence-electron chi connectivity index (χ1n) is 12.2. The Morgan fingerprint density at radius 3 is 2.78 bits per heavy atom. The van der Waals surface area contributed by atoms with Crippen LogP contribution in [0.25, 0.3) is 10.9 Å². The van der Waals surface area contributed by atoms with Gasteiger partial charge in [0.25, 0.3) is 0 Å². The van der Waals surface area contributed by atoms with Crippen LogP contribution in [0.1, 0.15) is 44.2 Å². The van der Waals surface area contributed by atoms with Gasteiger partial charge in [-0.05, 0) is 62.4 Å².